The zero-order valence-corrected chi connectivity index (χ0v) is 14.9. The molecule has 27 heavy (non-hydrogen) atoms. The third-order valence-corrected chi connectivity index (χ3v) is 4.85. The molecule has 0 saturated carbocycles. The summed E-state index contributed by atoms with van der Waals surface area (Å²) in [5, 5.41) is 6.20. The lowest BCUT2D eigenvalue weighted by molar-refractivity contribution is -0.148. The number of hydrogen-bond donors (Lipinski definition) is 1. The fraction of sp³-hybridized carbons (Fsp3) is 0.467. The van der Waals surface area contributed by atoms with Crippen LogP contribution in [0.2, 0.25) is 0 Å². The molecular weight excluding hydrogens is 391 g/mol. The van der Waals surface area contributed by atoms with Crippen molar-refractivity contribution in [3.05, 3.63) is 35.4 Å². The number of ether oxygens (including phenoxy) is 1. The molecule has 0 bridgehead atoms. The van der Waals surface area contributed by atoms with E-state index in [9.17, 15) is 31.2 Å². The molecular formula is C15H16F3N3O5S. The lowest BCUT2D eigenvalue weighted by Gasteiger charge is -2.23. The summed E-state index contributed by atoms with van der Waals surface area (Å²) in [4.78, 5) is 26.3. The van der Waals surface area contributed by atoms with Gasteiger partial charge in [0.25, 0.3) is 0 Å². The maximum atomic E-state index is 13.0. The molecule has 12 heteroatoms. The number of benzene rings is 1. The Bertz CT molecular complexity index is 870. The van der Waals surface area contributed by atoms with Gasteiger partial charge < -0.3 is 4.74 Å². The molecule has 0 saturated heterocycles. The largest absolute Gasteiger partial charge is 0.517 e. The maximum Gasteiger partial charge on any atom is 0.517 e. The second-order valence-electron chi connectivity index (χ2n) is 5.66. The molecule has 1 N–H and O–H groups in total. The van der Waals surface area contributed by atoms with E-state index in [4.69, 9.17) is 4.74 Å². The molecule has 148 valence electrons. The van der Waals surface area contributed by atoms with Crippen molar-refractivity contribution in [3.8, 4) is 0 Å². The molecule has 0 aliphatic heterocycles. The topological polar surface area (TPSA) is 114 Å². The van der Waals surface area contributed by atoms with Crippen LogP contribution in [0.15, 0.2) is 34.6 Å². The Kier molecular flexibility index (Phi) is 5.88. The minimum absolute atomic E-state index is 0.112. The first-order valence-corrected chi connectivity index (χ1v) is 9.33. The molecule has 0 radical (unpaired) electrons. The van der Waals surface area contributed by atoms with Crippen LogP contribution in [-0.2, 0) is 26.0 Å². The van der Waals surface area contributed by atoms with Gasteiger partial charge in [-0.3, -0.25) is 4.79 Å². The smallest absolute Gasteiger partial charge is 0.464 e. The van der Waals surface area contributed by atoms with E-state index in [1.165, 1.54) is 13.0 Å². The van der Waals surface area contributed by atoms with Gasteiger partial charge >= 0.3 is 21.5 Å². The summed E-state index contributed by atoms with van der Waals surface area (Å²) >= 11 is 0. The number of carbonyl (C=O) groups excluding carboxylic acids is 2. The van der Waals surface area contributed by atoms with Gasteiger partial charge in [-0.15, -0.1) is 5.11 Å². The molecule has 0 spiro atoms. The number of aryl methyl sites for hydroxylation is 1. The van der Waals surface area contributed by atoms with Crippen molar-refractivity contribution < 1.29 is 35.9 Å². The van der Waals surface area contributed by atoms with Crippen LogP contribution in [-0.4, -0.2) is 37.8 Å². The average Bonchev–Trinajstić information content (AvgIpc) is 2.72. The molecule has 1 aromatic carbocycles. The van der Waals surface area contributed by atoms with Crippen molar-refractivity contribution in [2.24, 2.45) is 10.3 Å². The predicted molar refractivity (Wildman–Crippen MR) is 86.0 cm³/mol. The highest BCUT2D eigenvalue weighted by Gasteiger charge is 2.51. The number of hydrogen-bond acceptors (Lipinski definition) is 7. The Morgan fingerprint density at radius 2 is 2.00 bits per heavy atom. The number of nitrogens with zero attached hydrogens (tertiary/aromatic N) is 2. The molecule has 1 aliphatic rings. The van der Waals surface area contributed by atoms with Gasteiger partial charge in [0.05, 0.1) is 6.61 Å². The molecule has 8 nitrogen and oxygen atoms in total. The second kappa shape index (κ2) is 7.62. The summed E-state index contributed by atoms with van der Waals surface area (Å²) in [6.07, 6.45) is 0.510. The maximum absolute atomic E-state index is 13.0. The van der Waals surface area contributed by atoms with E-state index in [-0.39, 0.29) is 25.0 Å². The minimum Gasteiger partial charge on any atom is -0.464 e. The summed E-state index contributed by atoms with van der Waals surface area (Å²) in [7, 11) is -5.82. The van der Waals surface area contributed by atoms with Crippen molar-refractivity contribution in [2.45, 2.75) is 37.2 Å². The van der Waals surface area contributed by atoms with E-state index in [0.29, 0.717) is 12.0 Å². The van der Waals surface area contributed by atoms with Crippen LogP contribution in [0.5, 0.6) is 0 Å². The Labute approximate surface area is 152 Å². The third-order valence-electron chi connectivity index (χ3n) is 3.92. The number of alkyl halides is 3. The standard InChI is InChI=1S/C15H16F3N3O5S/c1-2-26-13(23)14(19-20-21-27(24,25)15(16,17)18)9-5-7-10-6-3-4-8-11(10)12(14)22/h3-4,6,8H,2,5,7,9H2,1H3,(H,19,21). The Morgan fingerprint density at radius 3 is 2.63 bits per heavy atom. The summed E-state index contributed by atoms with van der Waals surface area (Å²) in [6.45, 7) is 1.36. The lowest BCUT2D eigenvalue weighted by Crippen LogP contribution is -2.46. The number of rotatable bonds is 5. The Hall–Kier alpha value is -2.50. The molecule has 1 aliphatic carbocycles. The SMILES string of the molecule is CCOC(=O)C1(N=NNS(=O)(=O)C(F)(F)F)CCCc2ccccc2C1=O. The van der Waals surface area contributed by atoms with Gasteiger partial charge in [-0.05, 0) is 31.7 Å². The van der Waals surface area contributed by atoms with Gasteiger partial charge in [-0.1, -0.05) is 29.5 Å². The van der Waals surface area contributed by atoms with Gasteiger partial charge in [0.2, 0.25) is 11.3 Å². The van der Waals surface area contributed by atoms with E-state index in [1.54, 1.807) is 18.2 Å². The number of esters is 1. The van der Waals surface area contributed by atoms with E-state index in [1.807, 2.05) is 0 Å². The quantitative estimate of drug-likeness (QED) is 0.265. The highest BCUT2D eigenvalue weighted by Crippen LogP contribution is 2.32. The number of halogens is 3. The number of ketones is 1. The highest BCUT2D eigenvalue weighted by molar-refractivity contribution is 7.90. The normalized spacial score (nSPS) is 20.8. The van der Waals surface area contributed by atoms with Crippen molar-refractivity contribution in [1.29, 1.82) is 0 Å². The number of nitrogens with one attached hydrogen (secondary N) is 1. The van der Waals surface area contributed by atoms with Crippen molar-refractivity contribution in [2.75, 3.05) is 6.61 Å². The molecule has 0 amide bonds. The number of fused-ring (bicyclic) bond motifs is 1. The first kappa shape index (κ1) is 20.8. The van der Waals surface area contributed by atoms with Gasteiger partial charge in [-0.2, -0.15) is 26.4 Å². The molecule has 0 heterocycles. The summed E-state index contributed by atoms with van der Waals surface area (Å²) in [5.41, 5.74) is -7.10. The van der Waals surface area contributed by atoms with Crippen molar-refractivity contribution in [3.63, 3.8) is 0 Å². The van der Waals surface area contributed by atoms with Crippen molar-refractivity contribution in [1.82, 2.24) is 4.83 Å². The van der Waals surface area contributed by atoms with Crippen LogP contribution in [0.25, 0.3) is 0 Å². The first-order valence-electron chi connectivity index (χ1n) is 7.85. The van der Waals surface area contributed by atoms with E-state index < -0.39 is 32.8 Å². The van der Waals surface area contributed by atoms with Gasteiger partial charge in [-0.25, -0.2) is 4.79 Å². The molecule has 0 fully saturated rings. The van der Waals surface area contributed by atoms with E-state index in [0.717, 1.165) is 4.83 Å². The summed E-state index contributed by atoms with van der Waals surface area (Å²) < 4.78 is 64.2. The van der Waals surface area contributed by atoms with Crippen LogP contribution >= 0.6 is 0 Å². The van der Waals surface area contributed by atoms with Crippen molar-refractivity contribution >= 4 is 21.8 Å². The fourth-order valence-corrected chi connectivity index (χ4v) is 2.88. The lowest BCUT2D eigenvalue weighted by atomic mass is 9.87. The van der Waals surface area contributed by atoms with E-state index >= 15 is 0 Å². The molecule has 0 aromatic heterocycles. The van der Waals surface area contributed by atoms with E-state index in [2.05, 4.69) is 10.3 Å². The Balaban J connectivity index is 2.47. The van der Waals surface area contributed by atoms with Crippen LogP contribution in [0.3, 0.4) is 0 Å². The summed E-state index contributed by atoms with van der Waals surface area (Å²) in [6, 6.07) is 6.38. The fourth-order valence-electron chi connectivity index (χ4n) is 2.62. The van der Waals surface area contributed by atoms with Crippen LogP contribution in [0.4, 0.5) is 13.2 Å². The summed E-state index contributed by atoms with van der Waals surface area (Å²) in [5.74, 6) is -1.93. The zero-order chi connectivity index (χ0) is 20.3. The van der Waals surface area contributed by atoms with Crippen LogP contribution in [0.1, 0.15) is 35.7 Å². The Morgan fingerprint density at radius 1 is 1.33 bits per heavy atom. The van der Waals surface area contributed by atoms with Crippen LogP contribution < -0.4 is 4.83 Å². The second-order valence-corrected chi connectivity index (χ2v) is 7.31. The monoisotopic (exact) mass is 407 g/mol. The van der Waals surface area contributed by atoms with Crippen LogP contribution in [0, 0.1) is 0 Å². The zero-order valence-electron chi connectivity index (χ0n) is 14.1. The highest BCUT2D eigenvalue weighted by atomic mass is 32.2. The molecule has 2 rings (SSSR count). The third kappa shape index (κ3) is 4.10. The predicted octanol–water partition coefficient (Wildman–Crippen LogP) is 2.31. The first-order chi connectivity index (χ1) is 12.5. The number of Topliss-reactive ketones (excluding diaryl/α,β-unsaturated/α-hetero) is 1. The molecule has 1 unspecified atom stereocenters. The number of carbonyl (C=O) groups is 2. The average molecular weight is 407 g/mol. The number of sulfonamides is 1. The molecule has 1 atom stereocenters. The van der Waals surface area contributed by atoms with Gasteiger partial charge in [0, 0.05) is 5.56 Å². The minimum atomic E-state index is -5.82. The van der Waals surface area contributed by atoms with Gasteiger partial charge in [0.1, 0.15) is 0 Å². The molecule has 1 aromatic rings. The van der Waals surface area contributed by atoms with Gasteiger partial charge in [0.15, 0.2) is 0 Å².